The van der Waals surface area contributed by atoms with Gasteiger partial charge in [0.05, 0.1) is 6.04 Å². The molecule has 4 atom stereocenters. The molecule has 0 saturated heterocycles. The van der Waals surface area contributed by atoms with E-state index in [-0.39, 0.29) is 43.6 Å². The molecule has 0 radical (unpaired) electrons. The van der Waals surface area contributed by atoms with Crippen LogP contribution in [-0.2, 0) is 41.6 Å². The Morgan fingerprint density at radius 2 is 1.07 bits per heavy atom. The predicted octanol–water partition coefficient (Wildman–Crippen LogP) is -1.12. The molecular formula is C28H35N5O10. The second kappa shape index (κ2) is 16.3. The molecule has 2 aromatic carbocycles. The zero-order valence-electron chi connectivity index (χ0n) is 23.1. The lowest BCUT2D eigenvalue weighted by Gasteiger charge is -2.25. The Morgan fingerprint density at radius 3 is 1.53 bits per heavy atom. The fourth-order valence-electron chi connectivity index (χ4n) is 3.93. The number of nitrogens with one attached hydrogen (secondary N) is 3. The van der Waals surface area contributed by atoms with Gasteiger partial charge in [0.1, 0.15) is 29.6 Å². The Hall–Kier alpha value is -5.18. The highest BCUT2D eigenvalue weighted by Crippen LogP contribution is 2.14. The van der Waals surface area contributed by atoms with Crippen molar-refractivity contribution < 1.29 is 49.2 Å². The second-order valence-electron chi connectivity index (χ2n) is 9.81. The highest BCUT2D eigenvalue weighted by molar-refractivity contribution is 5.94. The number of primary amides is 1. The number of benzene rings is 2. The van der Waals surface area contributed by atoms with E-state index < -0.39 is 66.2 Å². The van der Waals surface area contributed by atoms with Gasteiger partial charge < -0.3 is 47.8 Å². The molecule has 0 aliphatic carbocycles. The third kappa shape index (κ3) is 12.1. The van der Waals surface area contributed by atoms with E-state index in [0.717, 1.165) is 0 Å². The van der Waals surface area contributed by atoms with Crippen LogP contribution in [0.1, 0.15) is 36.8 Å². The number of phenolic OH excluding ortho intramolecular Hbond substituents is 2. The number of hydrogen-bond donors (Lipinski definition) is 9. The van der Waals surface area contributed by atoms with Crippen molar-refractivity contribution in [3.8, 4) is 11.5 Å². The van der Waals surface area contributed by atoms with Gasteiger partial charge in [-0.05, 0) is 48.2 Å². The van der Waals surface area contributed by atoms with Crippen molar-refractivity contribution >= 4 is 35.6 Å². The lowest BCUT2D eigenvalue weighted by Crippen LogP contribution is -2.58. The maximum absolute atomic E-state index is 13.4. The molecule has 0 aliphatic heterocycles. The number of aliphatic carboxylic acids is 2. The van der Waals surface area contributed by atoms with Crippen LogP contribution < -0.4 is 27.4 Å². The van der Waals surface area contributed by atoms with Gasteiger partial charge in [-0.2, -0.15) is 0 Å². The van der Waals surface area contributed by atoms with Gasteiger partial charge in [-0.3, -0.25) is 24.0 Å². The maximum Gasteiger partial charge on any atom is 0.326 e. The zero-order chi connectivity index (χ0) is 32.1. The number of aromatic hydroxyl groups is 2. The number of carboxylic acid groups (broad SMARTS) is 2. The second-order valence-corrected chi connectivity index (χ2v) is 9.81. The highest BCUT2D eigenvalue weighted by Gasteiger charge is 2.31. The van der Waals surface area contributed by atoms with Crippen molar-refractivity contribution in [3.63, 3.8) is 0 Å². The first kappa shape index (κ1) is 34.0. The molecule has 0 aliphatic rings. The number of carbonyl (C=O) groups excluding carboxylic acids is 4. The van der Waals surface area contributed by atoms with Crippen LogP contribution in [-0.4, -0.2) is 80.2 Å². The Kier molecular flexibility index (Phi) is 12.9. The summed E-state index contributed by atoms with van der Waals surface area (Å²) >= 11 is 0. The van der Waals surface area contributed by atoms with Crippen molar-refractivity contribution in [2.45, 2.75) is 62.7 Å². The predicted molar refractivity (Wildman–Crippen MR) is 150 cm³/mol. The lowest BCUT2D eigenvalue weighted by atomic mass is 10.0. The van der Waals surface area contributed by atoms with E-state index in [2.05, 4.69) is 16.0 Å². The van der Waals surface area contributed by atoms with Crippen LogP contribution in [0.2, 0.25) is 0 Å². The minimum atomic E-state index is -1.45. The summed E-state index contributed by atoms with van der Waals surface area (Å²) in [6.45, 7) is 0. The first-order valence-corrected chi connectivity index (χ1v) is 13.2. The van der Waals surface area contributed by atoms with Gasteiger partial charge in [-0.25, -0.2) is 4.79 Å². The molecule has 0 aromatic heterocycles. The van der Waals surface area contributed by atoms with Crippen LogP contribution in [0.25, 0.3) is 0 Å². The molecule has 0 bridgehead atoms. The minimum Gasteiger partial charge on any atom is -0.508 e. The molecule has 4 amide bonds. The summed E-state index contributed by atoms with van der Waals surface area (Å²) in [6.07, 6.45) is -1.55. The molecule has 0 fully saturated rings. The molecule has 0 unspecified atom stereocenters. The Bertz CT molecular complexity index is 1300. The molecule has 0 heterocycles. The Labute approximate surface area is 246 Å². The number of carboxylic acids is 2. The first-order valence-electron chi connectivity index (χ1n) is 13.2. The number of carbonyl (C=O) groups is 6. The third-order valence-corrected chi connectivity index (χ3v) is 6.32. The average molecular weight is 602 g/mol. The lowest BCUT2D eigenvalue weighted by molar-refractivity contribution is -0.142. The summed E-state index contributed by atoms with van der Waals surface area (Å²) in [4.78, 5) is 73.4. The molecular weight excluding hydrogens is 566 g/mol. The fourth-order valence-corrected chi connectivity index (χ4v) is 3.93. The van der Waals surface area contributed by atoms with Crippen molar-refractivity contribution in [3.05, 3.63) is 59.7 Å². The molecule has 15 heteroatoms. The summed E-state index contributed by atoms with van der Waals surface area (Å²) in [6, 6.07) is 5.82. The van der Waals surface area contributed by atoms with E-state index in [1.165, 1.54) is 48.5 Å². The summed E-state index contributed by atoms with van der Waals surface area (Å²) in [5, 5.41) is 45.1. The van der Waals surface area contributed by atoms with Crippen LogP contribution in [0.3, 0.4) is 0 Å². The molecule has 43 heavy (non-hydrogen) atoms. The number of hydrogen-bond acceptors (Lipinski definition) is 9. The highest BCUT2D eigenvalue weighted by atomic mass is 16.4. The summed E-state index contributed by atoms with van der Waals surface area (Å²) in [5.41, 5.74) is 11.8. The van der Waals surface area contributed by atoms with Crippen LogP contribution in [0, 0.1) is 0 Å². The van der Waals surface area contributed by atoms with E-state index in [9.17, 15) is 44.1 Å². The molecule has 11 N–H and O–H groups in total. The fraction of sp³-hybridized carbons (Fsp3) is 0.357. The molecule has 15 nitrogen and oxygen atoms in total. The van der Waals surface area contributed by atoms with Crippen LogP contribution in [0.4, 0.5) is 0 Å². The molecule has 2 rings (SSSR count). The van der Waals surface area contributed by atoms with Gasteiger partial charge in [0.25, 0.3) is 0 Å². The van der Waals surface area contributed by atoms with Gasteiger partial charge >= 0.3 is 11.9 Å². The first-order chi connectivity index (χ1) is 20.2. The van der Waals surface area contributed by atoms with E-state index in [1.807, 2.05) is 0 Å². The average Bonchev–Trinajstić information content (AvgIpc) is 2.94. The number of rotatable bonds is 17. The normalized spacial score (nSPS) is 13.5. The topological polar surface area (TPSA) is 271 Å². The van der Waals surface area contributed by atoms with Gasteiger partial charge in [0.2, 0.25) is 23.6 Å². The molecule has 0 spiro atoms. The van der Waals surface area contributed by atoms with Crippen molar-refractivity contribution in [2.24, 2.45) is 11.5 Å². The maximum atomic E-state index is 13.4. The van der Waals surface area contributed by atoms with E-state index in [0.29, 0.717) is 11.1 Å². The smallest absolute Gasteiger partial charge is 0.326 e. The van der Waals surface area contributed by atoms with Gasteiger partial charge in [-0.15, -0.1) is 0 Å². The van der Waals surface area contributed by atoms with E-state index in [1.54, 1.807) is 0 Å². The number of amides is 4. The number of nitrogens with two attached hydrogens (primary N) is 2. The third-order valence-electron chi connectivity index (χ3n) is 6.32. The number of phenols is 2. The quantitative estimate of drug-likeness (QED) is 0.105. The summed E-state index contributed by atoms with van der Waals surface area (Å²) < 4.78 is 0. The van der Waals surface area contributed by atoms with E-state index >= 15 is 0 Å². The Balaban J connectivity index is 2.28. The Morgan fingerprint density at radius 1 is 0.628 bits per heavy atom. The van der Waals surface area contributed by atoms with Crippen molar-refractivity contribution in [1.29, 1.82) is 0 Å². The minimum absolute atomic E-state index is 0.0327. The molecule has 2 aromatic rings. The standard InChI is InChI=1S/C28H35N5O10/c29-19(9-11-23(30)36)25(39)31-20(10-12-24(37)38)26(40)32-21(13-15-1-5-17(34)6-2-15)27(41)33-22(28(42)43)14-16-3-7-18(35)8-4-16/h1-8,19-22,34-35H,9-14,29H2,(H2,30,36)(H,31,39)(H,32,40)(H,33,41)(H,37,38)(H,42,43)/t19-,20-,21-,22-/m0/s1. The van der Waals surface area contributed by atoms with Crippen molar-refractivity contribution in [2.75, 3.05) is 0 Å². The van der Waals surface area contributed by atoms with Crippen LogP contribution in [0.15, 0.2) is 48.5 Å². The SMILES string of the molecule is NC(=O)CC[C@H](N)C(=O)N[C@@H](CCC(=O)O)C(=O)N[C@@H](Cc1ccc(O)cc1)C(=O)N[C@@H](Cc1ccc(O)cc1)C(=O)O. The summed E-state index contributed by atoms with van der Waals surface area (Å²) in [5.74, 6) is -6.11. The largest absolute Gasteiger partial charge is 0.508 e. The monoisotopic (exact) mass is 601 g/mol. The van der Waals surface area contributed by atoms with Crippen LogP contribution in [0.5, 0.6) is 11.5 Å². The van der Waals surface area contributed by atoms with Crippen LogP contribution >= 0.6 is 0 Å². The summed E-state index contributed by atoms with van der Waals surface area (Å²) in [7, 11) is 0. The van der Waals surface area contributed by atoms with E-state index in [4.69, 9.17) is 16.6 Å². The molecule has 0 saturated carbocycles. The molecule has 232 valence electrons. The zero-order valence-corrected chi connectivity index (χ0v) is 23.1. The van der Waals surface area contributed by atoms with Gasteiger partial charge in [0.15, 0.2) is 0 Å². The van der Waals surface area contributed by atoms with Gasteiger partial charge in [-0.1, -0.05) is 24.3 Å². The van der Waals surface area contributed by atoms with Gasteiger partial charge in [0, 0.05) is 25.7 Å². The van der Waals surface area contributed by atoms with Crippen molar-refractivity contribution in [1.82, 2.24) is 16.0 Å².